The van der Waals surface area contributed by atoms with Crippen LogP contribution in [0.3, 0.4) is 0 Å². The summed E-state index contributed by atoms with van der Waals surface area (Å²) in [7, 11) is 0. The molecule has 1 atom stereocenters. The molecule has 124 valence electrons. The molecule has 2 aromatic heterocycles. The van der Waals surface area contributed by atoms with Crippen LogP contribution in [0.4, 0.5) is 0 Å². The quantitative estimate of drug-likeness (QED) is 0.688. The lowest BCUT2D eigenvalue weighted by Crippen LogP contribution is -2.27. The van der Waals surface area contributed by atoms with Gasteiger partial charge in [-0.3, -0.25) is 4.79 Å². The van der Waals surface area contributed by atoms with Crippen LogP contribution in [0.15, 0.2) is 44.4 Å². The van der Waals surface area contributed by atoms with E-state index in [0.717, 1.165) is 29.6 Å². The Morgan fingerprint density at radius 3 is 2.96 bits per heavy atom. The van der Waals surface area contributed by atoms with Crippen molar-refractivity contribution in [1.29, 1.82) is 0 Å². The van der Waals surface area contributed by atoms with Crippen LogP contribution in [0, 0.1) is 0 Å². The number of benzene rings is 1. The largest absolute Gasteiger partial charge is 0.459 e. The molecular formula is C17H17N3O3S. The monoisotopic (exact) mass is 343 g/mol. The number of rotatable bonds is 6. The zero-order chi connectivity index (χ0) is 16.5. The number of thioether (sulfide) groups is 1. The minimum Gasteiger partial charge on any atom is -0.459 e. The van der Waals surface area contributed by atoms with E-state index in [-0.39, 0.29) is 17.7 Å². The van der Waals surface area contributed by atoms with Gasteiger partial charge >= 0.3 is 0 Å². The van der Waals surface area contributed by atoms with Gasteiger partial charge in [0, 0.05) is 11.3 Å². The number of nitrogens with zero attached hydrogens (tertiary/aromatic N) is 2. The third kappa shape index (κ3) is 3.31. The highest BCUT2D eigenvalue weighted by Gasteiger charge is 2.29. The fourth-order valence-corrected chi connectivity index (χ4v) is 3.05. The molecule has 0 spiro atoms. The summed E-state index contributed by atoms with van der Waals surface area (Å²) in [4.78, 5) is 12.1. The van der Waals surface area contributed by atoms with Crippen LogP contribution >= 0.6 is 11.8 Å². The van der Waals surface area contributed by atoms with Crippen molar-refractivity contribution < 1.29 is 13.6 Å². The Balaban J connectivity index is 1.32. The molecule has 1 N–H and O–H groups in total. The Hall–Kier alpha value is -2.28. The lowest BCUT2D eigenvalue weighted by molar-refractivity contribution is -0.119. The lowest BCUT2D eigenvalue weighted by atomic mass is 10.2. The molecule has 1 aliphatic carbocycles. The summed E-state index contributed by atoms with van der Waals surface area (Å²) in [5.41, 5.74) is 0.821. The second kappa shape index (κ2) is 6.32. The third-order valence-electron chi connectivity index (χ3n) is 3.92. The Kier molecular flexibility index (Phi) is 4.02. The van der Waals surface area contributed by atoms with Crippen molar-refractivity contribution in [3.05, 3.63) is 42.0 Å². The van der Waals surface area contributed by atoms with Crippen molar-refractivity contribution in [3.63, 3.8) is 0 Å². The predicted octanol–water partition coefficient (Wildman–Crippen LogP) is 3.66. The number of hydrogen-bond acceptors (Lipinski definition) is 6. The topological polar surface area (TPSA) is 81.2 Å². The maximum atomic E-state index is 12.1. The highest BCUT2D eigenvalue weighted by atomic mass is 32.2. The molecule has 24 heavy (non-hydrogen) atoms. The number of carbonyl (C=O) groups excluding carboxylic acids is 1. The van der Waals surface area contributed by atoms with Gasteiger partial charge in [0.25, 0.3) is 5.22 Å². The number of aromatic nitrogens is 2. The summed E-state index contributed by atoms with van der Waals surface area (Å²) < 4.78 is 11.3. The summed E-state index contributed by atoms with van der Waals surface area (Å²) in [6.45, 7) is 1.90. The average molecular weight is 343 g/mol. The summed E-state index contributed by atoms with van der Waals surface area (Å²) in [5.74, 6) is 1.99. The van der Waals surface area contributed by atoms with Crippen LogP contribution in [-0.2, 0) is 4.79 Å². The standard InChI is InChI=1S/C17H17N3O3S/c1-10(14-8-12-4-2-3-5-13(12)22-14)18-15(21)9-24-17-20-19-16(23-17)11-6-7-11/h2-5,8,10-11H,6-7,9H2,1H3,(H,18,21)/t10-/m0/s1. The number of carbonyl (C=O) groups is 1. The van der Waals surface area contributed by atoms with Crippen LogP contribution in [0.1, 0.15) is 43.4 Å². The van der Waals surface area contributed by atoms with Gasteiger partial charge in [0.1, 0.15) is 11.3 Å². The summed E-state index contributed by atoms with van der Waals surface area (Å²) >= 11 is 1.25. The molecule has 1 aliphatic rings. The normalized spacial score (nSPS) is 15.5. The average Bonchev–Trinajstić information content (AvgIpc) is 3.16. The van der Waals surface area contributed by atoms with Gasteiger partial charge in [-0.25, -0.2) is 0 Å². The van der Waals surface area contributed by atoms with Gasteiger partial charge in [-0.15, -0.1) is 10.2 Å². The van der Waals surface area contributed by atoms with E-state index in [0.29, 0.717) is 17.0 Å². The minimum atomic E-state index is -0.199. The molecule has 1 aromatic carbocycles. The molecule has 2 heterocycles. The van der Waals surface area contributed by atoms with E-state index in [2.05, 4.69) is 15.5 Å². The van der Waals surface area contributed by atoms with E-state index in [1.54, 1.807) is 0 Å². The van der Waals surface area contributed by atoms with Crippen LogP contribution in [0.2, 0.25) is 0 Å². The number of fused-ring (bicyclic) bond motifs is 1. The molecule has 6 nitrogen and oxygen atoms in total. The first kappa shape index (κ1) is 15.3. The zero-order valence-corrected chi connectivity index (χ0v) is 14.0. The molecule has 1 fully saturated rings. The fourth-order valence-electron chi connectivity index (χ4n) is 2.47. The van der Waals surface area contributed by atoms with Crippen molar-refractivity contribution in [1.82, 2.24) is 15.5 Å². The summed E-state index contributed by atoms with van der Waals surface area (Å²) in [5, 5.41) is 12.4. The van der Waals surface area contributed by atoms with E-state index < -0.39 is 0 Å². The first-order valence-electron chi connectivity index (χ1n) is 7.93. The van der Waals surface area contributed by atoms with Gasteiger partial charge < -0.3 is 14.2 Å². The maximum absolute atomic E-state index is 12.1. The maximum Gasteiger partial charge on any atom is 0.277 e. The zero-order valence-electron chi connectivity index (χ0n) is 13.2. The van der Waals surface area contributed by atoms with Crippen molar-refractivity contribution in [2.24, 2.45) is 0 Å². The number of hydrogen-bond donors (Lipinski definition) is 1. The van der Waals surface area contributed by atoms with Crippen LogP contribution in [0.5, 0.6) is 0 Å². The van der Waals surface area contributed by atoms with E-state index in [1.165, 1.54) is 11.8 Å². The predicted molar refractivity (Wildman–Crippen MR) is 89.8 cm³/mol. The molecule has 0 unspecified atom stereocenters. The molecule has 0 aliphatic heterocycles. The molecular weight excluding hydrogens is 326 g/mol. The van der Waals surface area contributed by atoms with Gasteiger partial charge in [0.2, 0.25) is 11.8 Å². The Morgan fingerprint density at radius 2 is 2.17 bits per heavy atom. The van der Waals surface area contributed by atoms with Crippen molar-refractivity contribution in [3.8, 4) is 0 Å². The number of amides is 1. The van der Waals surface area contributed by atoms with E-state index in [1.807, 2.05) is 37.3 Å². The lowest BCUT2D eigenvalue weighted by Gasteiger charge is -2.10. The highest BCUT2D eigenvalue weighted by molar-refractivity contribution is 7.99. The Labute approximate surface area is 143 Å². The first-order chi connectivity index (χ1) is 11.7. The SMILES string of the molecule is C[C@H](NC(=O)CSc1nnc(C2CC2)o1)c1cc2ccccc2o1. The van der Waals surface area contributed by atoms with Gasteiger partial charge in [-0.2, -0.15) is 0 Å². The van der Waals surface area contributed by atoms with Crippen molar-refractivity contribution in [2.45, 2.75) is 36.9 Å². The summed E-state index contributed by atoms with van der Waals surface area (Å²) in [6.07, 6.45) is 2.23. The molecule has 0 saturated heterocycles. The van der Waals surface area contributed by atoms with Crippen LogP contribution < -0.4 is 5.32 Å². The fraction of sp³-hybridized carbons (Fsp3) is 0.353. The molecule has 1 saturated carbocycles. The molecule has 4 rings (SSSR count). The van der Waals surface area contributed by atoms with Crippen molar-refractivity contribution in [2.75, 3.05) is 5.75 Å². The number of furan rings is 1. The number of para-hydroxylation sites is 1. The Morgan fingerprint density at radius 1 is 1.33 bits per heavy atom. The van der Waals surface area contributed by atoms with Crippen LogP contribution in [-0.4, -0.2) is 21.9 Å². The van der Waals surface area contributed by atoms with E-state index in [4.69, 9.17) is 8.83 Å². The summed E-state index contributed by atoms with van der Waals surface area (Å²) in [6, 6.07) is 9.54. The number of nitrogens with one attached hydrogen (secondary N) is 1. The van der Waals surface area contributed by atoms with Gasteiger partial charge in [-0.1, -0.05) is 30.0 Å². The molecule has 0 radical (unpaired) electrons. The van der Waals surface area contributed by atoms with E-state index >= 15 is 0 Å². The van der Waals surface area contributed by atoms with Gasteiger partial charge in [0.15, 0.2) is 0 Å². The highest BCUT2D eigenvalue weighted by Crippen LogP contribution is 2.39. The smallest absolute Gasteiger partial charge is 0.277 e. The molecule has 0 bridgehead atoms. The minimum absolute atomic E-state index is 0.0980. The molecule has 7 heteroatoms. The third-order valence-corrected chi connectivity index (χ3v) is 4.74. The first-order valence-corrected chi connectivity index (χ1v) is 8.91. The second-order valence-corrected chi connectivity index (χ2v) is 6.87. The van der Waals surface area contributed by atoms with Gasteiger partial charge in [0.05, 0.1) is 11.8 Å². The van der Waals surface area contributed by atoms with E-state index in [9.17, 15) is 4.79 Å². The van der Waals surface area contributed by atoms with Crippen molar-refractivity contribution >= 4 is 28.6 Å². The molecule has 3 aromatic rings. The van der Waals surface area contributed by atoms with Crippen LogP contribution in [0.25, 0.3) is 11.0 Å². The molecule has 1 amide bonds. The van der Waals surface area contributed by atoms with Gasteiger partial charge in [-0.05, 0) is 31.9 Å². The second-order valence-electron chi connectivity index (χ2n) is 5.94. The Bertz CT molecular complexity index is 836.